The summed E-state index contributed by atoms with van der Waals surface area (Å²) in [6.07, 6.45) is 58.9. The zero-order valence-electron chi connectivity index (χ0n) is 33.2. The molecule has 0 radical (unpaired) electrons. The molecule has 2 nitrogen and oxygen atoms in total. The van der Waals surface area contributed by atoms with E-state index in [4.69, 9.17) is 0 Å². The lowest BCUT2D eigenvalue weighted by Crippen LogP contribution is -2.39. The first-order valence-electron chi connectivity index (χ1n) is 22.5. The van der Waals surface area contributed by atoms with E-state index in [2.05, 4.69) is 43.0 Å². The fourth-order valence-corrected chi connectivity index (χ4v) is 7.78. The molecule has 0 aromatic carbocycles. The third-order valence-electron chi connectivity index (χ3n) is 11.1. The first-order chi connectivity index (χ1) is 23.3. The van der Waals surface area contributed by atoms with E-state index >= 15 is 0 Å². The molecule has 0 N–H and O–H groups in total. The van der Waals surface area contributed by atoms with Gasteiger partial charge in [-0.15, -0.1) is 0 Å². The van der Waals surface area contributed by atoms with Crippen LogP contribution in [0.5, 0.6) is 0 Å². The molecule has 1 atom stereocenters. The molecule has 0 saturated heterocycles. The topological polar surface area (TPSA) is 6.48 Å². The molecule has 0 saturated carbocycles. The van der Waals surface area contributed by atoms with Crippen molar-refractivity contribution in [2.24, 2.45) is 0 Å². The van der Waals surface area contributed by atoms with E-state index in [-0.39, 0.29) is 0 Å². The molecule has 0 amide bonds. The summed E-state index contributed by atoms with van der Waals surface area (Å²) in [5, 5.41) is 0. The highest BCUT2D eigenvalue weighted by molar-refractivity contribution is 4.97. The fraction of sp³-hybridized carbons (Fsp3) is 0.956. The number of nitrogens with zero attached hydrogens (tertiary/aromatic N) is 2. The highest BCUT2D eigenvalue weighted by atomic mass is 15.4. The highest BCUT2D eigenvalue weighted by Gasteiger charge is 2.24. The third kappa shape index (κ3) is 28.8. The minimum Gasteiger partial charge on any atom is -0.356 e. The monoisotopic (exact) mass is 659 g/mol. The molecule has 0 aromatic heterocycles. The predicted octanol–water partition coefficient (Wildman–Crippen LogP) is 15.9. The number of unbranched alkanes of at least 4 members (excludes halogenated alkanes) is 33. The molecule has 1 unspecified atom stereocenters. The Morgan fingerprint density at radius 1 is 0.277 bits per heavy atom. The molecule has 0 aliphatic carbocycles. The highest BCUT2D eigenvalue weighted by Crippen LogP contribution is 2.24. The Kier molecular flexibility index (Phi) is 34.6. The van der Waals surface area contributed by atoms with Crippen LogP contribution in [0.1, 0.15) is 258 Å². The first kappa shape index (κ1) is 44.4. The molecule has 280 valence electrons. The molecule has 0 aromatic rings. The van der Waals surface area contributed by atoms with Gasteiger partial charge in [-0.3, -0.25) is 0 Å². The summed E-state index contributed by atoms with van der Waals surface area (Å²) in [6.45, 7) is 9.49. The van der Waals surface area contributed by atoms with Crippen LogP contribution in [0.25, 0.3) is 0 Å². The van der Waals surface area contributed by atoms with Crippen LogP contribution in [-0.2, 0) is 0 Å². The molecule has 2 heteroatoms. The molecule has 1 aliphatic heterocycles. The molecular formula is C45H90N2. The van der Waals surface area contributed by atoms with Crippen molar-refractivity contribution >= 4 is 0 Å². The second kappa shape index (κ2) is 36.6. The van der Waals surface area contributed by atoms with E-state index in [1.807, 2.05) is 0 Å². The maximum atomic E-state index is 2.73. The lowest BCUT2D eigenvalue weighted by atomic mass is 10.0. The quantitative estimate of drug-likeness (QED) is 0.0606. The van der Waals surface area contributed by atoms with Crippen LogP contribution in [0.4, 0.5) is 0 Å². The summed E-state index contributed by atoms with van der Waals surface area (Å²) < 4.78 is 0. The van der Waals surface area contributed by atoms with Gasteiger partial charge in [-0.25, -0.2) is 0 Å². The Hall–Kier alpha value is -0.660. The maximum absolute atomic E-state index is 2.73. The van der Waals surface area contributed by atoms with E-state index in [9.17, 15) is 0 Å². The number of rotatable bonds is 39. The predicted molar refractivity (Wildman–Crippen MR) is 214 cm³/mol. The van der Waals surface area contributed by atoms with Crippen molar-refractivity contribution in [1.82, 2.24) is 9.80 Å². The molecule has 1 heterocycles. The van der Waals surface area contributed by atoms with Gasteiger partial charge in [0.2, 0.25) is 0 Å². The van der Waals surface area contributed by atoms with Crippen LogP contribution in [0, 0.1) is 0 Å². The van der Waals surface area contributed by atoms with Gasteiger partial charge in [0.15, 0.2) is 0 Å². The zero-order valence-corrected chi connectivity index (χ0v) is 33.2. The van der Waals surface area contributed by atoms with Crippen LogP contribution >= 0.6 is 0 Å². The van der Waals surface area contributed by atoms with Crippen LogP contribution in [0.2, 0.25) is 0 Å². The van der Waals surface area contributed by atoms with Gasteiger partial charge in [0.05, 0.1) is 0 Å². The molecular weight excluding hydrogens is 569 g/mol. The van der Waals surface area contributed by atoms with Crippen LogP contribution in [0.15, 0.2) is 12.4 Å². The maximum Gasteiger partial charge on any atom is 0.101 e. The minimum atomic E-state index is 0.638. The number of hydrogen-bond acceptors (Lipinski definition) is 2. The average molecular weight is 659 g/mol. The van der Waals surface area contributed by atoms with Crippen molar-refractivity contribution in [3.63, 3.8) is 0 Å². The van der Waals surface area contributed by atoms with Gasteiger partial charge in [0.25, 0.3) is 0 Å². The van der Waals surface area contributed by atoms with Gasteiger partial charge in [-0.2, -0.15) is 0 Å². The van der Waals surface area contributed by atoms with Crippen molar-refractivity contribution in [1.29, 1.82) is 0 Å². The van der Waals surface area contributed by atoms with Gasteiger partial charge in [0.1, 0.15) is 6.17 Å². The molecule has 47 heavy (non-hydrogen) atoms. The smallest absolute Gasteiger partial charge is 0.101 e. The molecule has 1 aliphatic rings. The molecule has 0 spiro atoms. The zero-order chi connectivity index (χ0) is 33.7. The van der Waals surface area contributed by atoms with Gasteiger partial charge in [-0.05, 0) is 25.7 Å². The van der Waals surface area contributed by atoms with Gasteiger partial charge >= 0.3 is 0 Å². The van der Waals surface area contributed by atoms with Gasteiger partial charge < -0.3 is 9.80 Å². The normalized spacial score (nSPS) is 14.7. The molecule has 0 bridgehead atoms. The Balaban J connectivity index is 2.16. The van der Waals surface area contributed by atoms with Crippen LogP contribution in [0.3, 0.4) is 0 Å². The largest absolute Gasteiger partial charge is 0.356 e. The first-order valence-corrected chi connectivity index (χ1v) is 22.5. The molecule has 1 rings (SSSR count). The van der Waals surface area contributed by atoms with Crippen molar-refractivity contribution in [3.8, 4) is 0 Å². The summed E-state index contributed by atoms with van der Waals surface area (Å²) in [6, 6.07) is 0. The van der Waals surface area contributed by atoms with E-state index in [0.29, 0.717) is 6.17 Å². The third-order valence-corrected chi connectivity index (χ3v) is 11.1. The number of hydrogen-bond donors (Lipinski definition) is 0. The second-order valence-corrected chi connectivity index (χ2v) is 15.7. The van der Waals surface area contributed by atoms with E-state index in [1.165, 1.54) is 251 Å². The standard InChI is InChI=1S/C45H90N2/c1-4-7-10-13-16-19-21-23-24-25-26-28-30-33-36-39-42-47-44-43-46(45(47)40-37-34-31-18-15-12-9-6-3)41-38-35-32-29-27-22-20-17-14-11-8-5-2/h43-45H,4-42H2,1-3H3. The summed E-state index contributed by atoms with van der Waals surface area (Å²) in [5.74, 6) is 0. The Morgan fingerprint density at radius 3 is 0.745 bits per heavy atom. The van der Waals surface area contributed by atoms with Gasteiger partial charge in [-0.1, -0.05) is 233 Å². The van der Waals surface area contributed by atoms with Gasteiger partial charge in [0, 0.05) is 25.5 Å². The van der Waals surface area contributed by atoms with E-state index in [0.717, 1.165) is 0 Å². The van der Waals surface area contributed by atoms with Crippen LogP contribution < -0.4 is 0 Å². The van der Waals surface area contributed by atoms with E-state index in [1.54, 1.807) is 0 Å². The fourth-order valence-electron chi connectivity index (χ4n) is 7.78. The van der Waals surface area contributed by atoms with Crippen LogP contribution in [-0.4, -0.2) is 29.1 Å². The van der Waals surface area contributed by atoms with Crippen molar-refractivity contribution < 1.29 is 0 Å². The van der Waals surface area contributed by atoms with E-state index < -0.39 is 0 Å². The minimum absolute atomic E-state index is 0.638. The van der Waals surface area contributed by atoms with Crippen molar-refractivity contribution in [2.75, 3.05) is 13.1 Å². The Morgan fingerprint density at radius 2 is 0.489 bits per heavy atom. The average Bonchev–Trinajstić information content (AvgIpc) is 3.47. The summed E-state index contributed by atoms with van der Waals surface area (Å²) in [5.41, 5.74) is 0. The SMILES string of the molecule is CCCCCCCCCCCCCCCCCCN1C=CN(CCCCCCCCCCCCCC)C1CCCCCCCCCC. The second-order valence-electron chi connectivity index (χ2n) is 15.7. The molecule has 0 fully saturated rings. The lowest BCUT2D eigenvalue weighted by Gasteiger charge is -2.33. The Bertz CT molecular complexity index is 615. The van der Waals surface area contributed by atoms with Crippen molar-refractivity contribution in [2.45, 2.75) is 265 Å². The summed E-state index contributed by atoms with van der Waals surface area (Å²) in [4.78, 5) is 5.45. The Labute approximate surface area is 299 Å². The summed E-state index contributed by atoms with van der Waals surface area (Å²) in [7, 11) is 0. The summed E-state index contributed by atoms with van der Waals surface area (Å²) >= 11 is 0. The lowest BCUT2D eigenvalue weighted by molar-refractivity contribution is 0.135. The van der Waals surface area contributed by atoms with Crippen molar-refractivity contribution in [3.05, 3.63) is 12.4 Å².